The predicted octanol–water partition coefficient (Wildman–Crippen LogP) is 2.79. The van der Waals surface area contributed by atoms with E-state index in [-0.39, 0.29) is 36.6 Å². The van der Waals surface area contributed by atoms with Crippen LogP contribution in [-0.4, -0.2) is 28.8 Å². The number of hydrogen-bond donors (Lipinski definition) is 2. The Morgan fingerprint density at radius 3 is 2.83 bits per heavy atom. The zero-order valence-corrected chi connectivity index (χ0v) is 14.0. The molecule has 126 valence electrons. The molecule has 1 atom stereocenters. The van der Waals surface area contributed by atoms with Gasteiger partial charge in [-0.3, -0.25) is 4.79 Å². The van der Waals surface area contributed by atoms with Gasteiger partial charge < -0.3 is 10.6 Å². The molecule has 1 saturated heterocycles. The Bertz CT molecular complexity index is 630. The summed E-state index contributed by atoms with van der Waals surface area (Å²) in [5, 5.41) is 9.96. The maximum absolute atomic E-state index is 14.1. The quantitative estimate of drug-likeness (QED) is 0.884. The molecule has 23 heavy (non-hydrogen) atoms. The van der Waals surface area contributed by atoms with Crippen LogP contribution in [0.15, 0.2) is 36.7 Å². The molecule has 1 aromatic carbocycles. The number of piperidine rings is 1. The van der Waals surface area contributed by atoms with E-state index in [0.29, 0.717) is 17.9 Å². The molecule has 0 saturated carbocycles. The van der Waals surface area contributed by atoms with E-state index in [1.165, 1.54) is 10.7 Å². The highest BCUT2D eigenvalue weighted by molar-refractivity contribution is 5.92. The van der Waals surface area contributed by atoms with Crippen LogP contribution in [0.1, 0.15) is 12.8 Å². The number of benzene rings is 1. The summed E-state index contributed by atoms with van der Waals surface area (Å²) in [6, 6.07) is 6.35. The molecule has 2 heterocycles. The van der Waals surface area contributed by atoms with Gasteiger partial charge in [0, 0.05) is 24.6 Å². The molecule has 0 bridgehead atoms. The Morgan fingerprint density at radius 1 is 1.39 bits per heavy atom. The number of carbonyl (C=O) groups excluding carboxylic acids is 1. The van der Waals surface area contributed by atoms with Crippen molar-refractivity contribution in [1.29, 1.82) is 0 Å². The first kappa shape index (κ1) is 19.4. The Hall–Kier alpha value is -1.63. The van der Waals surface area contributed by atoms with Gasteiger partial charge in [0.2, 0.25) is 5.91 Å². The van der Waals surface area contributed by atoms with Crippen LogP contribution in [0.5, 0.6) is 0 Å². The molecule has 1 amide bonds. The van der Waals surface area contributed by atoms with Gasteiger partial charge in [-0.2, -0.15) is 5.10 Å². The standard InChI is InChI=1S/C15H17FN4O.2ClH/c16-13-9-12(4-5-14(13)20-8-2-7-18-20)19-15(21)11-3-1-6-17-10-11;;/h2,4-5,7-9,11,17H,1,3,6,10H2,(H,19,21);2*1H. The van der Waals surface area contributed by atoms with Gasteiger partial charge in [-0.1, -0.05) is 0 Å². The second kappa shape index (κ2) is 8.86. The van der Waals surface area contributed by atoms with Crippen LogP contribution < -0.4 is 10.6 Å². The summed E-state index contributed by atoms with van der Waals surface area (Å²) >= 11 is 0. The summed E-state index contributed by atoms with van der Waals surface area (Å²) in [6.45, 7) is 1.64. The van der Waals surface area contributed by atoms with Crippen LogP contribution in [0.2, 0.25) is 0 Å². The van der Waals surface area contributed by atoms with Gasteiger partial charge in [-0.05, 0) is 43.7 Å². The average molecular weight is 361 g/mol. The third kappa shape index (κ3) is 4.67. The number of amides is 1. The van der Waals surface area contributed by atoms with Crippen molar-refractivity contribution in [3.05, 3.63) is 42.5 Å². The van der Waals surface area contributed by atoms with Crippen molar-refractivity contribution in [3.8, 4) is 5.69 Å². The molecule has 2 aromatic rings. The van der Waals surface area contributed by atoms with Gasteiger partial charge in [0.15, 0.2) is 5.82 Å². The number of anilines is 1. The van der Waals surface area contributed by atoms with E-state index in [1.807, 2.05) is 0 Å². The van der Waals surface area contributed by atoms with E-state index in [9.17, 15) is 9.18 Å². The lowest BCUT2D eigenvalue weighted by molar-refractivity contribution is -0.120. The minimum Gasteiger partial charge on any atom is -0.326 e. The largest absolute Gasteiger partial charge is 0.326 e. The smallest absolute Gasteiger partial charge is 0.228 e. The Balaban J connectivity index is 0.00000132. The number of carbonyl (C=O) groups is 1. The van der Waals surface area contributed by atoms with E-state index >= 15 is 0 Å². The molecule has 8 heteroatoms. The fraction of sp³-hybridized carbons (Fsp3) is 0.333. The molecule has 3 rings (SSSR count). The summed E-state index contributed by atoms with van der Waals surface area (Å²) < 4.78 is 15.5. The average Bonchev–Trinajstić information content (AvgIpc) is 3.02. The Kier molecular flexibility index (Phi) is 7.48. The highest BCUT2D eigenvalue weighted by Crippen LogP contribution is 2.19. The lowest BCUT2D eigenvalue weighted by Crippen LogP contribution is -2.37. The Morgan fingerprint density at radius 2 is 2.22 bits per heavy atom. The number of nitrogens with one attached hydrogen (secondary N) is 2. The molecular weight excluding hydrogens is 342 g/mol. The molecule has 1 unspecified atom stereocenters. The molecule has 0 aliphatic carbocycles. The minimum atomic E-state index is -0.418. The van der Waals surface area contributed by atoms with Crippen molar-refractivity contribution in [1.82, 2.24) is 15.1 Å². The van der Waals surface area contributed by atoms with Crippen molar-refractivity contribution >= 4 is 36.4 Å². The van der Waals surface area contributed by atoms with E-state index < -0.39 is 5.82 Å². The lowest BCUT2D eigenvalue weighted by atomic mass is 9.99. The monoisotopic (exact) mass is 360 g/mol. The molecule has 1 aliphatic rings. The van der Waals surface area contributed by atoms with Crippen molar-refractivity contribution in [2.24, 2.45) is 5.92 Å². The lowest BCUT2D eigenvalue weighted by Gasteiger charge is -2.22. The second-order valence-corrected chi connectivity index (χ2v) is 5.15. The van der Waals surface area contributed by atoms with Gasteiger partial charge in [0.05, 0.1) is 5.92 Å². The van der Waals surface area contributed by atoms with Gasteiger partial charge in [-0.25, -0.2) is 9.07 Å². The van der Waals surface area contributed by atoms with Gasteiger partial charge in [0.25, 0.3) is 0 Å². The Labute approximate surface area is 146 Å². The number of halogens is 3. The van der Waals surface area contributed by atoms with E-state index in [2.05, 4.69) is 15.7 Å². The summed E-state index contributed by atoms with van der Waals surface area (Å²) in [4.78, 5) is 12.1. The van der Waals surface area contributed by atoms with Crippen molar-refractivity contribution in [2.75, 3.05) is 18.4 Å². The van der Waals surface area contributed by atoms with Crippen LogP contribution in [0.4, 0.5) is 10.1 Å². The first-order valence-electron chi connectivity index (χ1n) is 7.05. The maximum Gasteiger partial charge on any atom is 0.228 e. The van der Waals surface area contributed by atoms with Crippen LogP contribution >= 0.6 is 24.8 Å². The molecule has 0 radical (unpaired) electrons. The van der Waals surface area contributed by atoms with Crippen LogP contribution in [0, 0.1) is 11.7 Å². The van der Waals surface area contributed by atoms with Gasteiger partial charge in [-0.15, -0.1) is 24.8 Å². The summed E-state index contributed by atoms with van der Waals surface area (Å²) in [7, 11) is 0. The first-order chi connectivity index (χ1) is 10.2. The molecule has 0 spiro atoms. The topological polar surface area (TPSA) is 59.0 Å². The van der Waals surface area contributed by atoms with E-state index in [0.717, 1.165) is 19.4 Å². The summed E-state index contributed by atoms with van der Waals surface area (Å²) in [5.74, 6) is -0.528. The normalized spacial score (nSPS) is 16.8. The number of rotatable bonds is 3. The number of hydrogen-bond acceptors (Lipinski definition) is 3. The molecule has 1 aliphatic heterocycles. The fourth-order valence-electron chi connectivity index (χ4n) is 2.50. The second-order valence-electron chi connectivity index (χ2n) is 5.15. The van der Waals surface area contributed by atoms with Crippen LogP contribution in [0.25, 0.3) is 5.69 Å². The first-order valence-corrected chi connectivity index (χ1v) is 7.05. The maximum atomic E-state index is 14.1. The number of nitrogens with zero attached hydrogens (tertiary/aromatic N) is 2. The SMILES string of the molecule is Cl.Cl.O=C(Nc1ccc(-n2cccn2)c(F)c1)C1CCCNC1. The third-order valence-electron chi connectivity index (χ3n) is 3.63. The third-order valence-corrected chi connectivity index (χ3v) is 3.63. The van der Waals surface area contributed by atoms with Crippen molar-refractivity contribution < 1.29 is 9.18 Å². The van der Waals surface area contributed by atoms with Gasteiger partial charge in [0.1, 0.15) is 5.69 Å². The molecule has 5 nitrogen and oxygen atoms in total. The van der Waals surface area contributed by atoms with Crippen LogP contribution in [0.3, 0.4) is 0 Å². The van der Waals surface area contributed by atoms with Crippen LogP contribution in [-0.2, 0) is 4.79 Å². The summed E-state index contributed by atoms with van der Waals surface area (Å²) in [5.41, 5.74) is 0.830. The predicted molar refractivity (Wildman–Crippen MR) is 92.2 cm³/mol. The molecule has 1 fully saturated rings. The zero-order chi connectivity index (χ0) is 14.7. The molecule has 1 aromatic heterocycles. The summed E-state index contributed by atoms with van der Waals surface area (Å²) in [6.07, 6.45) is 5.12. The zero-order valence-electron chi connectivity index (χ0n) is 12.4. The highest BCUT2D eigenvalue weighted by Gasteiger charge is 2.21. The fourth-order valence-corrected chi connectivity index (χ4v) is 2.50. The van der Waals surface area contributed by atoms with Crippen molar-refractivity contribution in [2.45, 2.75) is 12.8 Å². The molecular formula is C15H19Cl2FN4O. The minimum absolute atomic E-state index is 0. The van der Waals surface area contributed by atoms with Crippen molar-refractivity contribution in [3.63, 3.8) is 0 Å². The number of aromatic nitrogens is 2. The van der Waals surface area contributed by atoms with Gasteiger partial charge >= 0.3 is 0 Å². The van der Waals surface area contributed by atoms with E-state index in [1.54, 1.807) is 30.6 Å². The highest BCUT2D eigenvalue weighted by atomic mass is 35.5. The van der Waals surface area contributed by atoms with E-state index in [4.69, 9.17) is 0 Å². The molecule has 2 N–H and O–H groups in total.